The van der Waals surface area contributed by atoms with Gasteiger partial charge in [0, 0.05) is 28.2 Å². The number of benzene rings is 2. The minimum atomic E-state index is -1.18. The van der Waals surface area contributed by atoms with Crippen molar-refractivity contribution in [3.8, 4) is 5.75 Å². The third kappa shape index (κ3) is 3.83. The Labute approximate surface area is 235 Å². The van der Waals surface area contributed by atoms with Crippen molar-refractivity contribution in [1.82, 2.24) is 0 Å². The van der Waals surface area contributed by atoms with E-state index in [0.29, 0.717) is 5.56 Å². The maximum Gasteiger partial charge on any atom is 0.335 e. The van der Waals surface area contributed by atoms with Crippen LogP contribution >= 0.6 is 27.5 Å². The van der Waals surface area contributed by atoms with Crippen molar-refractivity contribution in [3.63, 3.8) is 0 Å². The molecule has 1 aliphatic heterocycles. The van der Waals surface area contributed by atoms with E-state index in [-0.39, 0.29) is 62.1 Å². The lowest BCUT2D eigenvalue weighted by Gasteiger charge is -2.42. The third-order valence-corrected chi connectivity index (χ3v) is 8.89. The number of allylic oxidation sites excluding steroid dienone is 6. The number of carbonyl (C=O) groups excluding carboxylic acids is 4. The van der Waals surface area contributed by atoms with Gasteiger partial charge in [0.25, 0.3) is 0 Å². The molecule has 0 bridgehead atoms. The zero-order valence-corrected chi connectivity index (χ0v) is 22.4. The first kappa shape index (κ1) is 25.5. The predicted molar refractivity (Wildman–Crippen MR) is 144 cm³/mol. The van der Waals surface area contributed by atoms with Gasteiger partial charge in [0.05, 0.1) is 27.6 Å². The Balaban J connectivity index is 1.48. The summed E-state index contributed by atoms with van der Waals surface area (Å²) in [6.45, 7) is 0. The molecule has 2 amide bonds. The monoisotopic (exact) mass is 607 g/mol. The van der Waals surface area contributed by atoms with Gasteiger partial charge >= 0.3 is 5.97 Å². The van der Waals surface area contributed by atoms with Crippen molar-refractivity contribution < 1.29 is 34.2 Å². The lowest BCUT2D eigenvalue weighted by Crippen LogP contribution is -2.39. The molecule has 1 fully saturated rings. The first-order valence-electron chi connectivity index (χ1n) is 12.2. The van der Waals surface area contributed by atoms with Crippen LogP contribution in [0.3, 0.4) is 0 Å². The molecule has 0 radical (unpaired) electrons. The average Bonchev–Trinajstić information content (AvgIpc) is 3.16. The lowest BCUT2D eigenvalue weighted by atomic mass is 9.59. The summed E-state index contributed by atoms with van der Waals surface area (Å²) in [7, 11) is 0. The summed E-state index contributed by atoms with van der Waals surface area (Å²) in [5.41, 5.74) is 1.88. The van der Waals surface area contributed by atoms with Crippen molar-refractivity contribution in [2.24, 2.45) is 17.8 Å². The Hall–Kier alpha value is -3.82. The number of aromatic hydroxyl groups is 1. The van der Waals surface area contributed by atoms with Crippen LogP contribution in [-0.2, 0) is 19.2 Å². The smallest absolute Gasteiger partial charge is 0.335 e. The number of anilines is 1. The van der Waals surface area contributed by atoms with Gasteiger partial charge in [0.15, 0.2) is 11.6 Å². The van der Waals surface area contributed by atoms with Gasteiger partial charge in [0.2, 0.25) is 11.8 Å². The fourth-order valence-electron chi connectivity index (χ4n) is 6.34. The Morgan fingerprint density at radius 3 is 2.51 bits per heavy atom. The van der Waals surface area contributed by atoms with Gasteiger partial charge in [-0.25, -0.2) is 4.79 Å². The first-order valence-corrected chi connectivity index (χ1v) is 13.3. The number of phenols is 1. The zero-order chi connectivity index (χ0) is 27.7. The number of imide groups is 1. The second-order valence-corrected chi connectivity index (χ2v) is 11.2. The van der Waals surface area contributed by atoms with E-state index in [2.05, 4.69) is 15.9 Å². The zero-order valence-electron chi connectivity index (χ0n) is 20.1. The Bertz CT molecular complexity index is 1640. The molecule has 2 aromatic rings. The van der Waals surface area contributed by atoms with E-state index in [1.807, 2.05) is 6.08 Å². The standard InChI is InChI=1S/C29H19BrClNO7/c30-20-11-22(34)25-19(26(20)35)10-18-15(23(25)16-5-4-14(33)9-21(16)31)6-7-17-24(18)28(37)32(27(17)36)13-3-1-2-12(8-13)29(38)39/h1-6,8-9,11,17-18,23-24,33H,7,10H2,(H,38,39). The van der Waals surface area contributed by atoms with E-state index in [0.717, 1.165) is 10.5 Å². The summed E-state index contributed by atoms with van der Waals surface area (Å²) in [6.07, 6.45) is 3.41. The van der Waals surface area contributed by atoms with E-state index < -0.39 is 41.5 Å². The van der Waals surface area contributed by atoms with Crippen LogP contribution in [-0.4, -0.2) is 39.6 Å². The maximum absolute atomic E-state index is 13.9. The molecule has 10 heteroatoms. The number of halogens is 2. The van der Waals surface area contributed by atoms with Crippen molar-refractivity contribution >= 4 is 62.6 Å². The molecule has 6 rings (SSSR count). The number of carboxylic acid groups (broad SMARTS) is 1. The Morgan fingerprint density at radius 2 is 1.79 bits per heavy atom. The van der Waals surface area contributed by atoms with Crippen LogP contribution in [0.5, 0.6) is 5.75 Å². The van der Waals surface area contributed by atoms with Crippen LogP contribution < -0.4 is 4.90 Å². The van der Waals surface area contributed by atoms with Gasteiger partial charge in [-0.05, 0) is 70.6 Å². The summed E-state index contributed by atoms with van der Waals surface area (Å²) in [5, 5.41) is 19.5. The molecule has 2 N–H and O–H groups in total. The fraction of sp³-hybridized carbons (Fsp3) is 0.207. The summed E-state index contributed by atoms with van der Waals surface area (Å²) < 4.78 is 0.113. The summed E-state index contributed by atoms with van der Waals surface area (Å²) in [5.74, 6) is -5.71. The van der Waals surface area contributed by atoms with Crippen LogP contribution in [0.4, 0.5) is 5.69 Å². The number of fused-ring (bicyclic) bond motifs is 3. The second-order valence-electron chi connectivity index (χ2n) is 9.97. The molecule has 2 aromatic carbocycles. The van der Waals surface area contributed by atoms with E-state index in [1.54, 1.807) is 6.07 Å². The number of nitrogens with zero attached hydrogens (tertiary/aromatic N) is 1. The van der Waals surface area contributed by atoms with Gasteiger partial charge in [-0.15, -0.1) is 0 Å². The topological polar surface area (TPSA) is 129 Å². The molecular weight excluding hydrogens is 590 g/mol. The fourth-order valence-corrected chi connectivity index (χ4v) is 7.08. The molecule has 4 atom stereocenters. The molecule has 8 nitrogen and oxygen atoms in total. The van der Waals surface area contributed by atoms with E-state index in [4.69, 9.17) is 11.6 Å². The molecule has 0 saturated carbocycles. The van der Waals surface area contributed by atoms with E-state index in [1.165, 1.54) is 42.5 Å². The number of hydrogen-bond acceptors (Lipinski definition) is 6. The minimum Gasteiger partial charge on any atom is -0.508 e. The molecule has 4 aliphatic rings. The highest BCUT2D eigenvalue weighted by molar-refractivity contribution is 9.12. The third-order valence-electron chi connectivity index (χ3n) is 7.98. The predicted octanol–water partition coefficient (Wildman–Crippen LogP) is 4.71. The molecule has 3 aliphatic carbocycles. The summed E-state index contributed by atoms with van der Waals surface area (Å²) >= 11 is 9.72. The number of hydrogen-bond donors (Lipinski definition) is 2. The maximum atomic E-state index is 13.9. The van der Waals surface area contributed by atoms with Crippen LogP contribution in [0.1, 0.15) is 34.7 Å². The summed E-state index contributed by atoms with van der Waals surface area (Å²) in [4.78, 5) is 66.5. The number of ketones is 2. The number of aromatic carboxylic acids is 1. The summed E-state index contributed by atoms with van der Waals surface area (Å²) in [6, 6.07) is 10.0. The van der Waals surface area contributed by atoms with Crippen LogP contribution in [0.2, 0.25) is 5.02 Å². The second kappa shape index (κ2) is 9.14. The van der Waals surface area contributed by atoms with Gasteiger partial charge in [-0.2, -0.15) is 0 Å². The number of phenolic OH excluding ortho intramolecular Hbond substituents is 1. The highest BCUT2D eigenvalue weighted by Gasteiger charge is 2.56. The highest BCUT2D eigenvalue weighted by atomic mass is 79.9. The Morgan fingerprint density at radius 1 is 1.03 bits per heavy atom. The highest BCUT2D eigenvalue weighted by Crippen LogP contribution is 2.56. The van der Waals surface area contributed by atoms with E-state index >= 15 is 0 Å². The van der Waals surface area contributed by atoms with Gasteiger partial charge in [-0.3, -0.25) is 24.1 Å². The minimum absolute atomic E-state index is 0.0563. The average molecular weight is 609 g/mol. The SMILES string of the molecule is O=C1C=C(Br)C(=O)C2=C1C(c1ccc(O)cc1Cl)C1=CCC3C(=O)N(c4cccc(C(=O)O)c4)C(=O)C3C1C2. The van der Waals surface area contributed by atoms with Crippen molar-refractivity contribution in [2.75, 3.05) is 4.90 Å². The molecule has 1 saturated heterocycles. The van der Waals surface area contributed by atoms with Gasteiger partial charge in [0.1, 0.15) is 5.75 Å². The Kier molecular flexibility index (Phi) is 5.96. The van der Waals surface area contributed by atoms with Crippen LogP contribution in [0.25, 0.3) is 0 Å². The normalized spacial score (nSPS) is 26.2. The van der Waals surface area contributed by atoms with Crippen molar-refractivity contribution in [3.05, 3.63) is 92.0 Å². The lowest BCUT2D eigenvalue weighted by molar-refractivity contribution is -0.123. The number of amides is 2. The molecule has 4 unspecified atom stereocenters. The number of carbonyl (C=O) groups is 5. The number of Topliss-reactive ketones (excluding diaryl/α,β-unsaturated/α-hetero) is 1. The number of rotatable bonds is 3. The van der Waals surface area contributed by atoms with Crippen molar-refractivity contribution in [1.29, 1.82) is 0 Å². The van der Waals surface area contributed by atoms with Crippen LogP contribution in [0.15, 0.2) is 75.8 Å². The molecule has 196 valence electrons. The molecule has 0 spiro atoms. The molecular formula is C29H19BrClNO7. The van der Waals surface area contributed by atoms with Gasteiger partial charge < -0.3 is 10.2 Å². The molecule has 0 aromatic heterocycles. The van der Waals surface area contributed by atoms with Gasteiger partial charge in [-0.1, -0.05) is 35.4 Å². The van der Waals surface area contributed by atoms with Crippen molar-refractivity contribution in [2.45, 2.75) is 18.8 Å². The number of carboxylic acids is 1. The molecule has 1 heterocycles. The largest absolute Gasteiger partial charge is 0.508 e. The first-order chi connectivity index (χ1) is 18.6. The van der Waals surface area contributed by atoms with E-state index in [9.17, 15) is 34.2 Å². The molecule has 39 heavy (non-hydrogen) atoms. The quantitative estimate of drug-likeness (QED) is 0.293. The van der Waals surface area contributed by atoms with Crippen LogP contribution in [0, 0.1) is 17.8 Å².